The molecule has 0 heterocycles. The Morgan fingerprint density at radius 3 is 2.59 bits per heavy atom. The van der Waals surface area contributed by atoms with Crippen LogP contribution in [0.2, 0.25) is 0 Å². The third-order valence-corrected chi connectivity index (χ3v) is 2.32. The Morgan fingerprint density at radius 1 is 1.47 bits per heavy atom. The molecule has 0 aliphatic heterocycles. The number of carbonyl (C=O) groups excluding carboxylic acids is 1. The number of hydrogen-bond acceptors (Lipinski definition) is 4. The molecule has 0 fully saturated rings. The van der Waals surface area contributed by atoms with Gasteiger partial charge in [-0.3, -0.25) is 4.79 Å². The van der Waals surface area contributed by atoms with Gasteiger partial charge in [-0.25, -0.2) is 4.79 Å². The summed E-state index contributed by atoms with van der Waals surface area (Å²) in [4.78, 5) is 22.3. The molecular formula is C11H14N2O4. The van der Waals surface area contributed by atoms with E-state index in [9.17, 15) is 9.59 Å². The molecule has 1 amide bonds. The molecule has 5 N–H and O–H groups in total. The number of rotatable bonds is 4. The Bertz CT molecular complexity index is 445. The van der Waals surface area contributed by atoms with E-state index in [0.29, 0.717) is 11.3 Å². The van der Waals surface area contributed by atoms with Crippen LogP contribution in [0.1, 0.15) is 15.9 Å². The van der Waals surface area contributed by atoms with Crippen LogP contribution in [0.3, 0.4) is 0 Å². The second-order valence-electron chi connectivity index (χ2n) is 3.62. The van der Waals surface area contributed by atoms with Crippen molar-refractivity contribution in [2.24, 2.45) is 0 Å². The summed E-state index contributed by atoms with van der Waals surface area (Å²) in [5.74, 6) is -1.84. The third kappa shape index (κ3) is 3.18. The number of aryl methyl sites for hydroxylation is 1. The minimum Gasteiger partial charge on any atom is -0.480 e. The molecule has 0 spiro atoms. The number of nitrogen functional groups attached to an aromatic ring is 1. The fourth-order valence-corrected chi connectivity index (χ4v) is 1.24. The molecule has 1 aromatic rings. The van der Waals surface area contributed by atoms with Crippen LogP contribution in [0.4, 0.5) is 5.69 Å². The number of anilines is 1. The minimum atomic E-state index is -1.31. The van der Waals surface area contributed by atoms with Crippen molar-refractivity contribution in [3.05, 3.63) is 29.3 Å². The summed E-state index contributed by atoms with van der Waals surface area (Å²) in [6.07, 6.45) is 0. The number of carboxylic acid groups (broad SMARTS) is 1. The van der Waals surface area contributed by atoms with Crippen molar-refractivity contribution in [3.63, 3.8) is 0 Å². The quantitative estimate of drug-likeness (QED) is 0.540. The van der Waals surface area contributed by atoms with Crippen molar-refractivity contribution in [2.45, 2.75) is 13.0 Å². The van der Waals surface area contributed by atoms with Gasteiger partial charge in [-0.2, -0.15) is 0 Å². The number of aliphatic hydroxyl groups excluding tert-OH is 1. The van der Waals surface area contributed by atoms with Gasteiger partial charge in [0.05, 0.1) is 6.61 Å². The monoisotopic (exact) mass is 238 g/mol. The van der Waals surface area contributed by atoms with Gasteiger partial charge >= 0.3 is 5.97 Å². The third-order valence-electron chi connectivity index (χ3n) is 2.32. The molecule has 1 aromatic carbocycles. The van der Waals surface area contributed by atoms with Gasteiger partial charge in [0.15, 0.2) is 6.04 Å². The number of aliphatic carboxylic acids is 1. The number of aliphatic hydroxyl groups is 1. The zero-order valence-corrected chi connectivity index (χ0v) is 9.30. The average Bonchev–Trinajstić information content (AvgIpc) is 2.28. The van der Waals surface area contributed by atoms with Gasteiger partial charge in [0.25, 0.3) is 5.91 Å². The molecule has 0 aliphatic carbocycles. The van der Waals surface area contributed by atoms with Crippen LogP contribution in [0.15, 0.2) is 18.2 Å². The van der Waals surface area contributed by atoms with Crippen LogP contribution in [-0.4, -0.2) is 34.7 Å². The summed E-state index contributed by atoms with van der Waals surface area (Å²) in [5, 5.41) is 19.6. The molecule has 0 bridgehead atoms. The number of carbonyl (C=O) groups is 2. The average molecular weight is 238 g/mol. The van der Waals surface area contributed by atoms with E-state index < -0.39 is 24.5 Å². The first-order valence-corrected chi connectivity index (χ1v) is 4.96. The maximum absolute atomic E-state index is 11.7. The first-order chi connectivity index (χ1) is 7.95. The molecule has 6 heteroatoms. The van der Waals surface area contributed by atoms with Gasteiger partial charge in [-0.1, -0.05) is 0 Å². The molecule has 6 nitrogen and oxygen atoms in total. The Hall–Kier alpha value is -2.08. The van der Waals surface area contributed by atoms with Crippen LogP contribution >= 0.6 is 0 Å². The molecule has 0 saturated heterocycles. The number of nitrogens with one attached hydrogen (secondary N) is 1. The minimum absolute atomic E-state index is 0.302. The van der Waals surface area contributed by atoms with E-state index in [1.54, 1.807) is 19.1 Å². The fraction of sp³-hybridized carbons (Fsp3) is 0.273. The van der Waals surface area contributed by atoms with Crippen molar-refractivity contribution < 1.29 is 19.8 Å². The van der Waals surface area contributed by atoms with Crippen molar-refractivity contribution in [3.8, 4) is 0 Å². The molecule has 92 valence electrons. The number of benzene rings is 1. The molecule has 1 atom stereocenters. The van der Waals surface area contributed by atoms with Crippen LogP contribution < -0.4 is 11.1 Å². The lowest BCUT2D eigenvalue weighted by atomic mass is 10.1. The van der Waals surface area contributed by atoms with Crippen molar-refractivity contribution in [1.82, 2.24) is 5.32 Å². The second-order valence-corrected chi connectivity index (χ2v) is 3.62. The highest BCUT2D eigenvalue weighted by Gasteiger charge is 2.19. The number of amides is 1. The Labute approximate surface area is 98.1 Å². The Morgan fingerprint density at radius 2 is 2.12 bits per heavy atom. The SMILES string of the molecule is Cc1cc(C(=O)N[C@@H](CO)C(=O)O)ccc1N. The molecule has 0 aliphatic rings. The summed E-state index contributed by atoms with van der Waals surface area (Å²) < 4.78 is 0. The van der Waals surface area contributed by atoms with Gasteiger partial charge in [-0.05, 0) is 30.7 Å². The maximum atomic E-state index is 11.7. The first-order valence-electron chi connectivity index (χ1n) is 4.96. The van der Waals surface area contributed by atoms with Gasteiger partial charge in [0, 0.05) is 11.3 Å². The van der Waals surface area contributed by atoms with E-state index >= 15 is 0 Å². The molecule has 0 unspecified atom stereocenters. The zero-order valence-electron chi connectivity index (χ0n) is 9.30. The Kier molecular flexibility index (Phi) is 4.06. The number of nitrogens with two attached hydrogens (primary N) is 1. The molecular weight excluding hydrogens is 224 g/mol. The molecule has 0 saturated carbocycles. The largest absolute Gasteiger partial charge is 0.480 e. The Balaban J connectivity index is 2.82. The number of carboxylic acids is 1. The first kappa shape index (κ1) is 13.0. The summed E-state index contributed by atoms with van der Waals surface area (Å²) in [6.45, 7) is 1.09. The van der Waals surface area contributed by atoms with E-state index in [2.05, 4.69) is 5.32 Å². The van der Waals surface area contributed by atoms with Gasteiger partial charge in [0.1, 0.15) is 0 Å². The topological polar surface area (TPSA) is 113 Å². The molecule has 0 radical (unpaired) electrons. The lowest BCUT2D eigenvalue weighted by molar-refractivity contribution is -0.140. The lowest BCUT2D eigenvalue weighted by Gasteiger charge is -2.12. The van der Waals surface area contributed by atoms with Crippen molar-refractivity contribution in [2.75, 3.05) is 12.3 Å². The van der Waals surface area contributed by atoms with Crippen molar-refractivity contribution in [1.29, 1.82) is 0 Å². The maximum Gasteiger partial charge on any atom is 0.328 e. The standard InChI is InChI=1S/C11H14N2O4/c1-6-4-7(2-3-8(6)12)10(15)13-9(5-14)11(16)17/h2-4,9,14H,5,12H2,1H3,(H,13,15)(H,16,17)/t9-/m0/s1. The second kappa shape index (κ2) is 5.31. The fourth-order valence-electron chi connectivity index (χ4n) is 1.24. The lowest BCUT2D eigenvalue weighted by Crippen LogP contribution is -2.43. The van der Waals surface area contributed by atoms with Gasteiger partial charge in [-0.15, -0.1) is 0 Å². The number of hydrogen-bond donors (Lipinski definition) is 4. The van der Waals surface area contributed by atoms with Crippen molar-refractivity contribution >= 4 is 17.6 Å². The molecule has 1 rings (SSSR count). The van der Waals surface area contributed by atoms with E-state index in [1.165, 1.54) is 6.07 Å². The van der Waals surface area contributed by atoms with E-state index in [0.717, 1.165) is 5.56 Å². The van der Waals surface area contributed by atoms with Crippen LogP contribution in [0.25, 0.3) is 0 Å². The summed E-state index contributed by atoms with van der Waals surface area (Å²) in [5.41, 5.74) is 7.19. The van der Waals surface area contributed by atoms with Crippen LogP contribution in [-0.2, 0) is 4.79 Å². The van der Waals surface area contributed by atoms with E-state index in [-0.39, 0.29) is 0 Å². The normalized spacial score (nSPS) is 11.9. The summed E-state index contributed by atoms with van der Waals surface area (Å²) in [7, 11) is 0. The molecule has 0 aromatic heterocycles. The smallest absolute Gasteiger partial charge is 0.328 e. The van der Waals surface area contributed by atoms with Crippen LogP contribution in [0.5, 0.6) is 0 Å². The van der Waals surface area contributed by atoms with Crippen LogP contribution in [0, 0.1) is 6.92 Å². The highest BCUT2D eigenvalue weighted by Crippen LogP contribution is 2.12. The van der Waals surface area contributed by atoms with Gasteiger partial charge in [0.2, 0.25) is 0 Å². The predicted octanol–water partition coefficient (Wildman–Crippen LogP) is -0.247. The summed E-state index contributed by atoms with van der Waals surface area (Å²) in [6, 6.07) is 3.31. The summed E-state index contributed by atoms with van der Waals surface area (Å²) >= 11 is 0. The van der Waals surface area contributed by atoms with Gasteiger partial charge < -0.3 is 21.3 Å². The van der Waals surface area contributed by atoms with E-state index in [1.807, 2.05) is 0 Å². The highest BCUT2D eigenvalue weighted by molar-refractivity contribution is 5.97. The zero-order chi connectivity index (χ0) is 13.0. The highest BCUT2D eigenvalue weighted by atomic mass is 16.4. The van der Waals surface area contributed by atoms with E-state index in [4.69, 9.17) is 15.9 Å². The molecule has 17 heavy (non-hydrogen) atoms. The predicted molar refractivity (Wildman–Crippen MR) is 61.6 cm³/mol.